The highest BCUT2D eigenvalue weighted by Gasteiger charge is 2.32. The van der Waals surface area contributed by atoms with Crippen LogP contribution in [0.4, 0.5) is 20.3 Å². The van der Waals surface area contributed by atoms with Crippen molar-refractivity contribution in [2.45, 2.75) is 88.8 Å². The molecule has 5 aromatic heterocycles. The van der Waals surface area contributed by atoms with E-state index in [-0.39, 0.29) is 35.2 Å². The molecule has 1 atom stereocenters. The number of morpholine rings is 1. The number of hydrogen-bond donors (Lipinski definition) is 2. The molecule has 1 aromatic carbocycles. The van der Waals surface area contributed by atoms with Crippen molar-refractivity contribution >= 4 is 56.8 Å². The minimum Gasteiger partial charge on any atom is -0.378 e. The maximum absolute atomic E-state index is 14.3. The average Bonchev–Trinajstić information content (AvgIpc) is 4.03. The molecule has 0 radical (unpaired) electrons. The number of amides is 3. The van der Waals surface area contributed by atoms with Gasteiger partial charge in [-0.2, -0.15) is 10.2 Å². The van der Waals surface area contributed by atoms with Crippen molar-refractivity contribution in [1.82, 2.24) is 44.1 Å². The summed E-state index contributed by atoms with van der Waals surface area (Å²) in [5.41, 5.74) is 3.00. The van der Waals surface area contributed by atoms with Gasteiger partial charge >= 0.3 is 0 Å². The molecular formula is C46H53F2N11O5. The molecule has 1 aliphatic carbocycles. The fourth-order valence-electron chi connectivity index (χ4n) is 10.2. The van der Waals surface area contributed by atoms with Gasteiger partial charge < -0.3 is 29.2 Å². The number of pyridine rings is 1. The molecule has 16 nitrogen and oxygen atoms in total. The second-order valence-corrected chi connectivity index (χ2v) is 17.5. The highest BCUT2D eigenvalue weighted by Crippen LogP contribution is 2.37. The molecule has 3 saturated heterocycles. The highest BCUT2D eigenvalue weighted by atomic mass is 19.3. The van der Waals surface area contributed by atoms with Gasteiger partial charge in [-0.1, -0.05) is 12.1 Å². The summed E-state index contributed by atoms with van der Waals surface area (Å²) in [7, 11) is 0. The van der Waals surface area contributed by atoms with Gasteiger partial charge in [-0.25, -0.2) is 23.3 Å². The molecule has 8 heterocycles. The number of nitrogens with zero attached hydrogens (tertiary/aromatic N) is 9. The molecule has 18 heteroatoms. The lowest BCUT2D eigenvalue weighted by Crippen LogP contribution is -2.41. The first-order valence-corrected chi connectivity index (χ1v) is 22.7. The normalized spacial score (nSPS) is 21.7. The Morgan fingerprint density at radius 2 is 1.80 bits per heavy atom. The summed E-state index contributed by atoms with van der Waals surface area (Å²) in [6.07, 6.45) is 11.8. The van der Waals surface area contributed by atoms with Crippen molar-refractivity contribution in [1.29, 1.82) is 0 Å². The van der Waals surface area contributed by atoms with Gasteiger partial charge in [-0.05, 0) is 93.5 Å². The van der Waals surface area contributed by atoms with Crippen LogP contribution in [0.15, 0.2) is 61.2 Å². The van der Waals surface area contributed by atoms with Crippen LogP contribution in [-0.2, 0) is 25.5 Å². The summed E-state index contributed by atoms with van der Waals surface area (Å²) in [6, 6.07) is 11.5. The molecular weight excluding hydrogens is 825 g/mol. The topological polar surface area (TPSA) is 166 Å². The van der Waals surface area contributed by atoms with Crippen LogP contribution in [0, 0.1) is 5.92 Å². The molecule has 6 aromatic rings. The number of halogens is 2. The number of alkyl halides is 2. The number of rotatable bonds is 13. The first-order chi connectivity index (χ1) is 31.3. The van der Waals surface area contributed by atoms with E-state index in [0.29, 0.717) is 63.1 Å². The number of aromatic nitrogens is 7. The van der Waals surface area contributed by atoms with E-state index in [4.69, 9.17) is 9.47 Å². The average molecular weight is 878 g/mol. The van der Waals surface area contributed by atoms with E-state index in [1.165, 1.54) is 16.3 Å². The number of ether oxygens (including phenoxy) is 2. The minimum atomic E-state index is -2.85. The lowest BCUT2D eigenvalue weighted by atomic mass is 9.85. The van der Waals surface area contributed by atoms with Crippen molar-refractivity contribution < 1.29 is 32.6 Å². The highest BCUT2D eigenvalue weighted by molar-refractivity contribution is 6.10. The predicted octanol–water partition coefficient (Wildman–Crippen LogP) is 6.28. The van der Waals surface area contributed by atoms with Crippen LogP contribution in [0.25, 0.3) is 27.6 Å². The number of hydrogen-bond acceptors (Lipinski definition) is 11. The molecule has 336 valence electrons. The Morgan fingerprint density at radius 3 is 2.59 bits per heavy atom. The first kappa shape index (κ1) is 42.1. The zero-order valence-electron chi connectivity index (χ0n) is 35.7. The van der Waals surface area contributed by atoms with Gasteiger partial charge in [0.25, 0.3) is 12.3 Å². The third kappa shape index (κ3) is 8.57. The van der Waals surface area contributed by atoms with E-state index >= 15 is 0 Å². The standard InChI is InChI=1S/C46H53F2N11O5/c47-42(48)41-35(51-45(61)34-26-50-57-20-16-38(52-44(34)57)56-21-24-63-25-22-56)28-58(54-41)31-10-8-29(9-11-31)27-55-18-14-32(15-19-55)64-23-3-5-30-4-1-7-36-40(30)33-6-2-17-49-43(33)59(36)37-12-13-39(60)53-46(37)62/h1-2,4,6-7,16-17,20,26,28-29,31-32,37,42H,3,5,8-15,18-19,21-25,27H2,(H,51,61)(H,53,60,62). The number of carbonyl (C=O) groups excluding carboxylic acids is 3. The van der Waals surface area contributed by atoms with Crippen molar-refractivity contribution in [3.63, 3.8) is 0 Å². The van der Waals surface area contributed by atoms with Crippen LogP contribution in [0.2, 0.25) is 0 Å². The van der Waals surface area contributed by atoms with E-state index in [9.17, 15) is 23.2 Å². The van der Waals surface area contributed by atoms with Crippen LogP contribution in [0.5, 0.6) is 0 Å². The van der Waals surface area contributed by atoms with E-state index in [2.05, 4.69) is 52.7 Å². The maximum atomic E-state index is 14.3. The molecule has 3 aliphatic heterocycles. The van der Waals surface area contributed by atoms with E-state index in [1.807, 2.05) is 28.8 Å². The Labute approximate surface area is 368 Å². The van der Waals surface area contributed by atoms with Crippen molar-refractivity contribution in [2.24, 2.45) is 5.92 Å². The second-order valence-electron chi connectivity index (χ2n) is 17.5. The molecule has 3 amide bonds. The van der Waals surface area contributed by atoms with Crippen LogP contribution in [0.1, 0.15) is 97.9 Å². The van der Waals surface area contributed by atoms with Gasteiger partial charge in [0.15, 0.2) is 11.3 Å². The third-order valence-corrected chi connectivity index (χ3v) is 13.5. The minimum absolute atomic E-state index is 0.00108. The predicted molar refractivity (Wildman–Crippen MR) is 235 cm³/mol. The number of likely N-dealkylation sites (tertiary alicyclic amines) is 1. The quantitative estimate of drug-likeness (QED) is 0.0992. The Bertz CT molecular complexity index is 2660. The Morgan fingerprint density at radius 1 is 0.969 bits per heavy atom. The number of carbonyl (C=O) groups is 3. The number of piperidine rings is 2. The number of anilines is 2. The van der Waals surface area contributed by atoms with Crippen LogP contribution in [0.3, 0.4) is 0 Å². The van der Waals surface area contributed by atoms with Crippen LogP contribution in [-0.4, -0.2) is 115 Å². The Hall–Kier alpha value is -5.85. The van der Waals surface area contributed by atoms with E-state index in [0.717, 1.165) is 92.9 Å². The fraction of sp³-hybridized carbons (Fsp3) is 0.500. The Balaban J connectivity index is 0.690. The van der Waals surface area contributed by atoms with Gasteiger partial charge in [-0.3, -0.25) is 24.4 Å². The zero-order valence-corrected chi connectivity index (χ0v) is 35.7. The van der Waals surface area contributed by atoms with Crippen molar-refractivity contribution in [3.8, 4) is 0 Å². The molecule has 10 rings (SSSR count). The number of aryl methyl sites for hydroxylation is 1. The molecule has 0 bridgehead atoms. The Kier molecular flexibility index (Phi) is 12.1. The number of fused-ring (bicyclic) bond motifs is 4. The smallest absolute Gasteiger partial charge is 0.284 e. The monoisotopic (exact) mass is 877 g/mol. The summed E-state index contributed by atoms with van der Waals surface area (Å²) < 4.78 is 45.6. The number of imide groups is 1. The van der Waals surface area contributed by atoms with E-state index in [1.54, 1.807) is 23.3 Å². The number of nitrogens with one attached hydrogen (secondary N) is 2. The van der Waals surface area contributed by atoms with Gasteiger partial charge in [0.1, 0.15) is 23.1 Å². The second kappa shape index (κ2) is 18.3. The lowest BCUT2D eigenvalue weighted by Gasteiger charge is -2.36. The SMILES string of the molecule is O=C1CCC(n2c3cccc(CCCOC4CCN(CC5CCC(n6cc(NC(=O)c7cnn8ccc(N9CCOCC9)nc78)c(C(F)F)n6)CC5)CC4)c3c3cccnc32)C(=O)N1. The molecule has 2 N–H and O–H groups in total. The molecule has 64 heavy (non-hydrogen) atoms. The summed E-state index contributed by atoms with van der Waals surface area (Å²) in [6.45, 7) is 6.17. The summed E-state index contributed by atoms with van der Waals surface area (Å²) in [5, 5.41) is 15.9. The van der Waals surface area contributed by atoms with Crippen LogP contribution < -0.4 is 15.5 Å². The molecule has 1 unspecified atom stereocenters. The first-order valence-electron chi connectivity index (χ1n) is 22.7. The van der Waals surface area contributed by atoms with Crippen molar-refractivity contribution in [3.05, 3.63) is 78.0 Å². The zero-order chi connectivity index (χ0) is 43.7. The molecule has 4 fully saturated rings. The van der Waals surface area contributed by atoms with Gasteiger partial charge in [0, 0.05) is 75.1 Å². The fourth-order valence-corrected chi connectivity index (χ4v) is 10.2. The molecule has 4 aliphatic rings. The largest absolute Gasteiger partial charge is 0.378 e. The van der Waals surface area contributed by atoms with Gasteiger partial charge in [0.05, 0.1) is 42.8 Å². The lowest BCUT2D eigenvalue weighted by molar-refractivity contribution is -0.135. The summed E-state index contributed by atoms with van der Waals surface area (Å²) in [4.78, 5) is 52.3. The van der Waals surface area contributed by atoms with Crippen molar-refractivity contribution in [2.75, 3.05) is 62.8 Å². The third-order valence-electron chi connectivity index (χ3n) is 13.5. The molecule has 1 saturated carbocycles. The maximum Gasteiger partial charge on any atom is 0.284 e. The van der Waals surface area contributed by atoms with Gasteiger partial charge in [0.2, 0.25) is 11.8 Å². The summed E-state index contributed by atoms with van der Waals surface area (Å²) >= 11 is 0. The number of benzene rings is 1. The summed E-state index contributed by atoms with van der Waals surface area (Å²) in [5.74, 6) is 0.129. The van der Waals surface area contributed by atoms with Gasteiger partial charge in [-0.15, -0.1) is 0 Å². The van der Waals surface area contributed by atoms with E-state index < -0.39 is 24.1 Å². The van der Waals surface area contributed by atoms with Crippen LogP contribution >= 0.6 is 0 Å². The molecule has 0 spiro atoms.